The van der Waals surface area contributed by atoms with Gasteiger partial charge >= 0.3 is 0 Å². The van der Waals surface area contributed by atoms with Crippen LogP contribution < -0.4 is 0 Å². The molecule has 1 N–H and O–H groups in total. The van der Waals surface area contributed by atoms with Crippen molar-refractivity contribution in [2.75, 3.05) is 0 Å². The van der Waals surface area contributed by atoms with Crippen LogP contribution in [0.2, 0.25) is 0 Å². The average molecular weight is 408 g/mol. The molecule has 1 atom stereocenters. The first kappa shape index (κ1) is 28.7. The Morgan fingerprint density at radius 3 is 1.38 bits per heavy atom. The van der Waals surface area contributed by atoms with Crippen molar-refractivity contribution in [3.05, 3.63) is 0 Å². The minimum Gasteiger partial charge on any atom is -0.309 e. The maximum absolute atomic E-state index is 8.70. The molecule has 0 bridgehead atoms. The SMILES string of the molecule is CCCCCCCCC(=N)C(CCCCCCCC(C)C)CCCCCC(C)C. The lowest BCUT2D eigenvalue weighted by Crippen LogP contribution is -2.14. The molecule has 0 aliphatic rings. The molecular weight excluding hydrogens is 350 g/mol. The second-order valence-corrected chi connectivity index (χ2v) is 10.5. The molecule has 0 aliphatic carbocycles. The molecule has 0 aromatic rings. The van der Waals surface area contributed by atoms with Crippen LogP contribution in [-0.4, -0.2) is 5.71 Å². The van der Waals surface area contributed by atoms with Gasteiger partial charge < -0.3 is 5.41 Å². The monoisotopic (exact) mass is 407 g/mol. The van der Waals surface area contributed by atoms with E-state index >= 15 is 0 Å². The van der Waals surface area contributed by atoms with Crippen molar-refractivity contribution in [1.29, 1.82) is 5.41 Å². The maximum atomic E-state index is 8.70. The quantitative estimate of drug-likeness (QED) is 0.136. The third kappa shape index (κ3) is 20.7. The summed E-state index contributed by atoms with van der Waals surface area (Å²) in [5.74, 6) is 2.28. The number of nitrogens with one attached hydrogen (secondary N) is 1. The molecule has 0 saturated heterocycles. The molecule has 0 saturated carbocycles. The van der Waals surface area contributed by atoms with Gasteiger partial charge in [-0.2, -0.15) is 0 Å². The summed E-state index contributed by atoms with van der Waals surface area (Å²) in [4.78, 5) is 0. The zero-order valence-electron chi connectivity index (χ0n) is 21.2. The van der Waals surface area contributed by atoms with E-state index in [2.05, 4.69) is 34.6 Å². The van der Waals surface area contributed by atoms with Gasteiger partial charge in [-0.15, -0.1) is 0 Å². The summed E-state index contributed by atoms with van der Waals surface area (Å²) in [6.07, 6.45) is 25.5. The lowest BCUT2D eigenvalue weighted by Gasteiger charge is -2.19. The van der Waals surface area contributed by atoms with Gasteiger partial charge in [0.25, 0.3) is 0 Å². The Hall–Kier alpha value is -0.330. The van der Waals surface area contributed by atoms with Crippen molar-refractivity contribution in [2.24, 2.45) is 17.8 Å². The van der Waals surface area contributed by atoms with Crippen LogP contribution >= 0.6 is 0 Å². The first-order valence-corrected chi connectivity index (χ1v) is 13.5. The standard InChI is InChI=1S/C28H57N/c1-6-7-8-9-13-19-24-28(29)27(23-18-14-16-21-26(4)5)22-17-12-10-11-15-20-25(2)3/h25-27,29H,6-24H2,1-5H3. The Kier molecular flexibility index (Phi) is 20.7. The van der Waals surface area contributed by atoms with E-state index in [1.54, 1.807) is 0 Å². The Labute approximate surface area is 185 Å². The summed E-state index contributed by atoms with van der Waals surface area (Å²) in [5.41, 5.74) is 1.09. The van der Waals surface area contributed by atoms with E-state index in [9.17, 15) is 0 Å². The predicted octanol–water partition coefficient (Wildman–Crippen LogP) is 10.4. The zero-order chi connectivity index (χ0) is 21.7. The van der Waals surface area contributed by atoms with E-state index < -0.39 is 0 Å². The molecule has 29 heavy (non-hydrogen) atoms. The molecule has 0 amide bonds. The van der Waals surface area contributed by atoms with Crippen LogP contribution in [0.4, 0.5) is 0 Å². The fourth-order valence-electron chi connectivity index (χ4n) is 4.39. The van der Waals surface area contributed by atoms with Crippen molar-refractivity contribution < 1.29 is 0 Å². The predicted molar refractivity (Wildman–Crippen MR) is 134 cm³/mol. The van der Waals surface area contributed by atoms with Gasteiger partial charge in [0.15, 0.2) is 0 Å². The van der Waals surface area contributed by atoms with Crippen LogP contribution in [0, 0.1) is 23.2 Å². The van der Waals surface area contributed by atoms with Gasteiger partial charge in [0, 0.05) is 5.71 Å². The highest BCUT2D eigenvalue weighted by Crippen LogP contribution is 2.23. The molecular formula is C28H57N. The third-order valence-corrected chi connectivity index (χ3v) is 6.46. The molecule has 0 rings (SSSR count). The minimum atomic E-state index is 0.584. The number of unbranched alkanes of at least 4 members (excludes halogenated alkanes) is 11. The van der Waals surface area contributed by atoms with Crippen LogP contribution in [0.25, 0.3) is 0 Å². The van der Waals surface area contributed by atoms with Crippen LogP contribution in [0.3, 0.4) is 0 Å². The Bertz CT molecular complexity index is 344. The molecule has 0 aromatic heterocycles. The van der Waals surface area contributed by atoms with E-state index in [1.807, 2.05) is 0 Å². The lowest BCUT2D eigenvalue weighted by molar-refractivity contribution is 0.460. The van der Waals surface area contributed by atoms with Crippen LogP contribution in [0.5, 0.6) is 0 Å². The van der Waals surface area contributed by atoms with Crippen molar-refractivity contribution in [1.82, 2.24) is 0 Å². The molecule has 0 aromatic carbocycles. The van der Waals surface area contributed by atoms with Gasteiger partial charge in [-0.1, -0.05) is 131 Å². The highest BCUT2D eigenvalue weighted by Gasteiger charge is 2.14. The first-order chi connectivity index (χ1) is 14.0. The van der Waals surface area contributed by atoms with E-state index in [4.69, 9.17) is 5.41 Å². The number of hydrogen-bond donors (Lipinski definition) is 1. The average Bonchev–Trinajstić information content (AvgIpc) is 2.67. The van der Waals surface area contributed by atoms with Gasteiger partial charge in [0.05, 0.1) is 0 Å². The Balaban J connectivity index is 4.08. The molecule has 0 aliphatic heterocycles. The van der Waals surface area contributed by atoms with Crippen LogP contribution in [-0.2, 0) is 0 Å². The molecule has 1 unspecified atom stereocenters. The van der Waals surface area contributed by atoms with Gasteiger partial charge in [-0.25, -0.2) is 0 Å². The molecule has 1 heteroatoms. The maximum Gasteiger partial charge on any atom is 0.0120 e. The summed E-state index contributed by atoms with van der Waals surface area (Å²) >= 11 is 0. The Morgan fingerprint density at radius 1 is 0.517 bits per heavy atom. The van der Waals surface area contributed by atoms with E-state index in [0.29, 0.717) is 5.92 Å². The highest BCUT2D eigenvalue weighted by molar-refractivity contribution is 5.83. The fraction of sp³-hybridized carbons (Fsp3) is 0.964. The molecule has 0 fully saturated rings. The second kappa shape index (κ2) is 20.9. The zero-order valence-corrected chi connectivity index (χ0v) is 21.2. The van der Waals surface area contributed by atoms with Gasteiger partial charge in [-0.05, 0) is 43.4 Å². The van der Waals surface area contributed by atoms with E-state index in [1.165, 1.54) is 116 Å². The molecule has 0 heterocycles. The highest BCUT2D eigenvalue weighted by atomic mass is 14.4. The number of rotatable bonds is 22. The molecule has 1 nitrogen and oxygen atoms in total. The van der Waals surface area contributed by atoms with Crippen LogP contribution in [0.15, 0.2) is 0 Å². The summed E-state index contributed by atoms with van der Waals surface area (Å²) in [5, 5.41) is 8.70. The topological polar surface area (TPSA) is 23.9 Å². The third-order valence-electron chi connectivity index (χ3n) is 6.46. The Morgan fingerprint density at radius 2 is 0.897 bits per heavy atom. The fourth-order valence-corrected chi connectivity index (χ4v) is 4.39. The normalized spacial score (nSPS) is 12.8. The van der Waals surface area contributed by atoms with Crippen molar-refractivity contribution in [3.8, 4) is 0 Å². The number of hydrogen-bond acceptors (Lipinski definition) is 1. The molecule has 174 valence electrons. The molecule has 0 spiro atoms. The summed E-state index contributed by atoms with van der Waals surface area (Å²) in [7, 11) is 0. The van der Waals surface area contributed by atoms with Gasteiger partial charge in [-0.3, -0.25) is 0 Å². The van der Waals surface area contributed by atoms with E-state index in [0.717, 1.165) is 24.0 Å². The lowest BCUT2D eigenvalue weighted by atomic mass is 9.87. The van der Waals surface area contributed by atoms with Crippen molar-refractivity contribution in [2.45, 2.75) is 157 Å². The summed E-state index contributed by atoms with van der Waals surface area (Å²) in [6, 6.07) is 0. The van der Waals surface area contributed by atoms with Crippen molar-refractivity contribution in [3.63, 3.8) is 0 Å². The van der Waals surface area contributed by atoms with Gasteiger partial charge in [0.2, 0.25) is 0 Å². The second-order valence-electron chi connectivity index (χ2n) is 10.5. The summed E-state index contributed by atoms with van der Waals surface area (Å²) < 4.78 is 0. The summed E-state index contributed by atoms with van der Waals surface area (Å²) in [6.45, 7) is 11.6. The van der Waals surface area contributed by atoms with E-state index in [-0.39, 0.29) is 0 Å². The smallest absolute Gasteiger partial charge is 0.0120 e. The largest absolute Gasteiger partial charge is 0.309 e. The molecule has 0 radical (unpaired) electrons. The van der Waals surface area contributed by atoms with Gasteiger partial charge in [0.1, 0.15) is 0 Å². The minimum absolute atomic E-state index is 0.584. The first-order valence-electron chi connectivity index (χ1n) is 13.5. The van der Waals surface area contributed by atoms with Crippen LogP contribution in [0.1, 0.15) is 157 Å². The van der Waals surface area contributed by atoms with Crippen molar-refractivity contribution >= 4 is 5.71 Å².